The van der Waals surface area contributed by atoms with E-state index in [2.05, 4.69) is 0 Å². The Bertz CT molecular complexity index is 310. The zero-order chi connectivity index (χ0) is 10.7. The van der Waals surface area contributed by atoms with Crippen LogP contribution in [0, 0.1) is 6.92 Å². The van der Waals surface area contributed by atoms with Gasteiger partial charge >= 0.3 is 0 Å². The Kier molecular flexibility index (Phi) is 3.49. The molecule has 1 rings (SSSR count). The van der Waals surface area contributed by atoms with E-state index < -0.39 is 6.10 Å². The summed E-state index contributed by atoms with van der Waals surface area (Å²) in [5.41, 5.74) is 7.47. The fourth-order valence-corrected chi connectivity index (χ4v) is 1.37. The van der Waals surface area contributed by atoms with Gasteiger partial charge in [0.05, 0.1) is 13.2 Å². The zero-order valence-electron chi connectivity index (χ0n) is 8.82. The van der Waals surface area contributed by atoms with Gasteiger partial charge in [0.25, 0.3) is 0 Å². The van der Waals surface area contributed by atoms with Crippen LogP contribution in [-0.2, 0) is 0 Å². The van der Waals surface area contributed by atoms with Crippen molar-refractivity contribution in [3.8, 4) is 5.75 Å². The minimum absolute atomic E-state index is 0.300. The van der Waals surface area contributed by atoms with Gasteiger partial charge in [0.1, 0.15) is 5.75 Å². The fourth-order valence-electron chi connectivity index (χ4n) is 1.37. The smallest absolute Gasteiger partial charge is 0.124 e. The number of aliphatic hydroxyl groups excluding tert-OH is 1. The lowest BCUT2D eigenvalue weighted by molar-refractivity contribution is 0.149. The van der Waals surface area contributed by atoms with E-state index in [1.165, 1.54) is 0 Å². The molecular weight excluding hydrogens is 178 g/mol. The maximum absolute atomic E-state index is 9.83. The van der Waals surface area contributed by atoms with Gasteiger partial charge in [-0.05, 0) is 26.0 Å². The van der Waals surface area contributed by atoms with E-state index in [1.54, 1.807) is 14.0 Å². The molecule has 3 nitrogen and oxygen atoms in total. The number of benzene rings is 1. The van der Waals surface area contributed by atoms with E-state index in [9.17, 15) is 5.11 Å². The quantitative estimate of drug-likeness (QED) is 0.766. The van der Waals surface area contributed by atoms with Crippen LogP contribution in [0.15, 0.2) is 18.2 Å². The van der Waals surface area contributed by atoms with Crippen molar-refractivity contribution in [1.82, 2.24) is 0 Å². The molecule has 0 saturated carbocycles. The predicted octanol–water partition coefficient (Wildman–Crippen LogP) is 1.38. The van der Waals surface area contributed by atoms with Gasteiger partial charge in [0.15, 0.2) is 0 Å². The average Bonchev–Trinajstić information content (AvgIpc) is 2.16. The monoisotopic (exact) mass is 195 g/mol. The average molecular weight is 195 g/mol. The summed E-state index contributed by atoms with van der Waals surface area (Å²) in [5, 5.41) is 9.83. The fraction of sp³-hybridized carbons (Fsp3) is 0.455. The molecular formula is C11H17NO2. The molecule has 2 atom stereocenters. The van der Waals surface area contributed by atoms with E-state index in [1.807, 2.05) is 25.1 Å². The van der Waals surface area contributed by atoms with Crippen LogP contribution in [0.1, 0.15) is 24.2 Å². The second kappa shape index (κ2) is 4.44. The van der Waals surface area contributed by atoms with Crippen molar-refractivity contribution in [3.63, 3.8) is 0 Å². The Labute approximate surface area is 84.5 Å². The third kappa shape index (κ3) is 2.25. The molecule has 3 N–H and O–H groups in total. The highest BCUT2D eigenvalue weighted by Gasteiger charge is 2.16. The van der Waals surface area contributed by atoms with Crippen LogP contribution in [0.3, 0.4) is 0 Å². The third-order valence-corrected chi connectivity index (χ3v) is 2.20. The molecule has 14 heavy (non-hydrogen) atoms. The summed E-state index contributed by atoms with van der Waals surface area (Å²) < 4.78 is 5.16. The maximum Gasteiger partial charge on any atom is 0.124 e. The molecule has 0 fully saturated rings. The lowest BCUT2D eigenvalue weighted by atomic mass is 10.0. The van der Waals surface area contributed by atoms with Crippen molar-refractivity contribution in [2.24, 2.45) is 5.73 Å². The lowest BCUT2D eigenvalue weighted by Crippen LogP contribution is -2.24. The predicted molar refractivity (Wildman–Crippen MR) is 56.3 cm³/mol. The molecule has 1 aromatic carbocycles. The van der Waals surface area contributed by atoms with Crippen LogP contribution in [-0.4, -0.2) is 18.3 Å². The maximum atomic E-state index is 9.83. The van der Waals surface area contributed by atoms with E-state index in [4.69, 9.17) is 10.5 Å². The van der Waals surface area contributed by atoms with Crippen LogP contribution in [0.2, 0.25) is 0 Å². The van der Waals surface area contributed by atoms with E-state index in [-0.39, 0.29) is 6.04 Å². The van der Waals surface area contributed by atoms with Crippen LogP contribution < -0.4 is 10.5 Å². The topological polar surface area (TPSA) is 55.5 Å². The minimum atomic E-state index is -0.676. The summed E-state index contributed by atoms with van der Waals surface area (Å²) in [5.74, 6) is 0.681. The first kappa shape index (κ1) is 11.0. The standard InChI is InChI=1S/C11H17NO2/c1-7-4-5-10(14-3)9(6-7)11(13)8(2)12/h4-6,8,11,13H,12H2,1-3H3/t8-,11-/m1/s1. The number of ether oxygens (including phenoxy) is 1. The molecule has 0 radical (unpaired) electrons. The van der Waals surface area contributed by atoms with Crippen LogP contribution in [0.5, 0.6) is 5.75 Å². The second-order valence-electron chi connectivity index (χ2n) is 3.55. The molecule has 0 bridgehead atoms. The molecule has 3 heteroatoms. The molecule has 0 unspecified atom stereocenters. The molecule has 0 saturated heterocycles. The Morgan fingerprint density at radius 3 is 2.57 bits per heavy atom. The Morgan fingerprint density at radius 2 is 2.07 bits per heavy atom. The third-order valence-electron chi connectivity index (χ3n) is 2.20. The lowest BCUT2D eigenvalue weighted by Gasteiger charge is -2.18. The SMILES string of the molecule is COc1ccc(C)cc1[C@H](O)[C@@H](C)N. The molecule has 78 valence electrons. The van der Waals surface area contributed by atoms with Crippen molar-refractivity contribution in [3.05, 3.63) is 29.3 Å². The Morgan fingerprint density at radius 1 is 1.43 bits per heavy atom. The highest BCUT2D eigenvalue weighted by atomic mass is 16.5. The van der Waals surface area contributed by atoms with Crippen molar-refractivity contribution in [2.45, 2.75) is 26.0 Å². The first-order chi connectivity index (χ1) is 6.56. The van der Waals surface area contributed by atoms with Crippen LogP contribution >= 0.6 is 0 Å². The van der Waals surface area contributed by atoms with Gasteiger partial charge in [-0.15, -0.1) is 0 Å². The molecule has 0 aliphatic heterocycles. The highest BCUT2D eigenvalue weighted by Crippen LogP contribution is 2.27. The molecule has 0 amide bonds. The first-order valence-electron chi connectivity index (χ1n) is 4.64. The first-order valence-corrected chi connectivity index (χ1v) is 4.64. The Hall–Kier alpha value is -1.06. The van der Waals surface area contributed by atoms with Gasteiger partial charge < -0.3 is 15.6 Å². The molecule has 0 aromatic heterocycles. The largest absolute Gasteiger partial charge is 0.496 e. The number of nitrogens with two attached hydrogens (primary N) is 1. The van der Waals surface area contributed by atoms with Crippen LogP contribution in [0.25, 0.3) is 0 Å². The van der Waals surface area contributed by atoms with E-state index in [0.29, 0.717) is 5.75 Å². The molecule has 0 aliphatic carbocycles. The zero-order valence-corrected chi connectivity index (χ0v) is 8.82. The number of hydrogen-bond donors (Lipinski definition) is 2. The second-order valence-corrected chi connectivity index (χ2v) is 3.55. The number of aliphatic hydroxyl groups is 1. The highest BCUT2D eigenvalue weighted by molar-refractivity contribution is 5.38. The molecule has 1 aromatic rings. The van der Waals surface area contributed by atoms with Gasteiger partial charge in [-0.2, -0.15) is 0 Å². The van der Waals surface area contributed by atoms with Gasteiger partial charge in [-0.1, -0.05) is 11.6 Å². The summed E-state index contributed by atoms with van der Waals surface area (Å²) in [6.07, 6.45) is -0.676. The summed E-state index contributed by atoms with van der Waals surface area (Å²) in [4.78, 5) is 0. The van der Waals surface area contributed by atoms with E-state index >= 15 is 0 Å². The van der Waals surface area contributed by atoms with Gasteiger partial charge in [-0.25, -0.2) is 0 Å². The number of aryl methyl sites for hydroxylation is 1. The number of rotatable bonds is 3. The van der Waals surface area contributed by atoms with Crippen molar-refractivity contribution >= 4 is 0 Å². The summed E-state index contributed by atoms with van der Waals surface area (Å²) in [6, 6.07) is 5.38. The molecule has 0 heterocycles. The number of methoxy groups -OCH3 is 1. The summed E-state index contributed by atoms with van der Waals surface area (Å²) >= 11 is 0. The van der Waals surface area contributed by atoms with Crippen molar-refractivity contribution < 1.29 is 9.84 Å². The molecule has 0 aliphatic rings. The van der Waals surface area contributed by atoms with E-state index in [0.717, 1.165) is 11.1 Å². The van der Waals surface area contributed by atoms with Gasteiger partial charge in [0, 0.05) is 11.6 Å². The number of hydrogen-bond acceptors (Lipinski definition) is 3. The normalized spacial score (nSPS) is 14.9. The summed E-state index contributed by atoms with van der Waals surface area (Å²) in [6.45, 7) is 3.74. The minimum Gasteiger partial charge on any atom is -0.496 e. The van der Waals surface area contributed by atoms with Crippen molar-refractivity contribution in [1.29, 1.82) is 0 Å². The summed E-state index contributed by atoms with van der Waals surface area (Å²) in [7, 11) is 1.59. The van der Waals surface area contributed by atoms with Crippen molar-refractivity contribution in [2.75, 3.05) is 7.11 Å². The Balaban J connectivity index is 3.10. The van der Waals surface area contributed by atoms with Crippen LogP contribution in [0.4, 0.5) is 0 Å². The van der Waals surface area contributed by atoms with Gasteiger partial charge in [0.2, 0.25) is 0 Å². The van der Waals surface area contributed by atoms with Gasteiger partial charge in [-0.3, -0.25) is 0 Å². The molecule has 0 spiro atoms.